The Hall–Kier alpha value is -2.44. The maximum Gasteiger partial charge on any atom is 0.317 e. The number of hydrogen-bond acceptors (Lipinski definition) is 3. The van der Waals surface area contributed by atoms with Crippen molar-refractivity contribution >= 4 is 6.03 Å². The molecule has 158 valence electrons. The third-order valence-corrected chi connectivity index (χ3v) is 6.95. The maximum atomic E-state index is 14.5. The van der Waals surface area contributed by atoms with Crippen molar-refractivity contribution in [3.05, 3.63) is 71.0 Å². The molecule has 2 heterocycles. The zero-order valence-electron chi connectivity index (χ0n) is 17.3. The summed E-state index contributed by atoms with van der Waals surface area (Å²) in [4.78, 5) is 18.6. The quantitative estimate of drug-likeness (QED) is 0.827. The lowest BCUT2D eigenvalue weighted by Crippen LogP contribution is -2.49. The molecule has 2 aromatic carbocycles. The lowest BCUT2D eigenvalue weighted by molar-refractivity contribution is 0.0904. The van der Waals surface area contributed by atoms with Crippen molar-refractivity contribution in [3.8, 4) is 0 Å². The number of carbonyl (C=O) groups excluding carboxylic acids is 1. The number of rotatable bonds is 5. The highest BCUT2D eigenvalue weighted by atomic mass is 19.1. The van der Waals surface area contributed by atoms with Gasteiger partial charge < -0.3 is 10.2 Å². The molecule has 0 radical (unpaired) electrons. The van der Waals surface area contributed by atoms with Crippen LogP contribution in [0.4, 0.5) is 9.18 Å². The van der Waals surface area contributed by atoms with Crippen LogP contribution in [0.1, 0.15) is 35.1 Å². The number of piperazine rings is 1. The Labute approximate surface area is 177 Å². The van der Waals surface area contributed by atoms with Crippen LogP contribution in [0.3, 0.4) is 0 Å². The summed E-state index contributed by atoms with van der Waals surface area (Å²) in [6, 6.07) is 16.2. The van der Waals surface area contributed by atoms with Crippen LogP contribution in [-0.2, 0) is 0 Å². The van der Waals surface area contributed by atoms with Crippen LogP contribution in [0, 0.1) is 5.82 Å². The molecule has 5 nitrogen and oxygen atoms in total. The van der Waals surface area contributed by atoms with Crippen molar-refractivity contribution in [2.75, 3.05) is 52.4 Å². The minimum atomic E-state index is -0.103. The van der Waals surface area contributed by atoms with Crippen LogP contribution in [0.5, 0.6) is 0 Å². The van der Waals surface area contributed by atoms with E-state index in [4.69, 9.17) is 0 Å². The molecule has 2 fully saturated rings. The third-order valence-electron chi connectivity index (χ3n) is 6.95. The van der Waals surface area contributed by atoms with E-state index in [9.17, 15) is 9.18 Å². The number of nitrogens with one attached hydrogen (secondary N) is 1. The molecular formula is C24H29FN4O. The summed E-state index contributed by atoms with van der Waals surface area (Å²) < 4.78 is 14.5. The molecule has 2 amide bonds. The first kappa shape index (κ1) is 19.5. The molecule has 0 saturated carbocycles. The lowest BCUT2D eigenvalue weighted by Gasteiger charge is -2.39. The van der Waals surface area contributed by atoms with E-state index in [2.05, 4.69) is 39.4 Å². The van der Waals surface area contributed by atoms with Crippen LogP contribution in [0.15, 0.2) is 48.5 Å². The first-order chi connectivity index (χ1) is 14.7. The van der Waals surface area contributed by atoms with Gasteiger partial charge >= 0.3 is 6.03 Å². The number of amides is 2. The van der Waals surface area contributed by atoms with Gasteiger partial charge in [-0.3, -0.25) is 9.80 Å². The molecule has 1 N–H and O–H groups in total. The molecule has 0 unspecified atom stereocenters. The van der Waals surface area contributed by atoms with Gasteiger partial charge in [-0.25, -0.2) is 9.18 Å². The number of fused-ring (bicyclic) bond motifs is 1. The van der Waals surface area contributed by atoms with Gasteiger partial charge in [-0.1, -0.05) is 42.5 Å². The van der Waals surface area contributed by atoms with Gasteiger partial charge in [-0.05, 0) is 29.2 Å². The molecule has 2 atom stereocenters. The number of urea groups is 1. The minimum absolute atomic E-state index is 0.0652. The van der Waals surface area contributed by atoms with E-state index in [0.29, 0.717) is 6.04 Å². The number of benzene rings is 2. The van der Waals surface area contributed by atoms with Gasteiger partial charge in [-0.15, -0.1) is 0 Å². The number of hydrogen-bond donors (Lipinski definition) is 1. The molecule has 2 aliphatic heterocycles. The summed E-state index contributed by atoms with van der Waals surface area (Å²) in [6.07, 6.45) is 0.939. The van der Waals surface area contributed by atoms with Crippen molar-refractivity contribution in [1.29, 1.82) is 0 Å². The van der Waals surface area contributed by atoms with E-state index >= 15 is 0 Å². The Kier molecular flexibility index (Phi) is 5.44. The molecule has 2 saturated heterocycles. The standard InChI is InChI=1S/C24H29FN4O/c25-22-8-4-3-6-19(22)21-17-23(20-7-2-1-5-18(20)21)28-14-11-27(12-15-28)13-16-29-10-9-26-24(29)30/h1-8,21,23H,9-17H2,(H,26,30)/t21-,23-/m0/s1. The topological polar surface area (TPSA) is 38.8 Å². The van der Waals surface area contributed by atoms with Crippen LogP contribution in [0.2, 0.25) is 0 Å². The molecular weight excluding hydrogens is 379 g/mol. The second-order valence-electron chi connectivity index (χ2n) is 8.55. The second kappa shape index (κ2) is 8.36. The molecule has 0 aromatic heterocycles. The van der Waals surface area contributed by atoms with Crippen LogP contribution in [-0.4, -0.2) is 73.1 Å². The fourth-order valence-electron chi connectivity index (χ4n) is 5.29. The largest absolute Gasteiger partial charge is 0.336 e. The third kappa shape index (κ3) is 3.70. The van der Waals surface area contributed by atoms with Gasteiger partial charge in [0.1, 0.15) is 5.82 Å². The van der Waals surface area contributed by atoms with Crippen LogP contribution >= 0.6 is 0 Å². The molecule has 5 rings (SSSR count). The molecule has 30 heavy (non-hydrogen) atoms. The van der Waals surface area contributed by atoms with Crippen molar-refractivity contribution in [3.63, 3.8) is 0 Å². The summed E-state index contributed by atoms with van der Waals surface area (Å²) in [5.74, 6) is 0.0211. The zero-order valence-corrected chi connectivity index (χ0v) is 17.3. The predicted octanol–water partition coefficient (Wildman–Crippen LogP) is 3.05. The smallest absolute Gasteiger partial charge is 0.317 e. The number of nitrogens with zero attached hydrogens (tertiary/aromatic N) is 3. The predicted molar refractivity (Wildman–Crippen MR) is 115 cm³/mol. The first-order valence-electron chi connectivity index (χ1n) is 11.0. The molecule has 3 aliphatic rings. The van der Waals surface area contributed by atoms with Crippen molar-refractivity contribution in [2.24, 2.45) is 0 Å². The van der Waals surface area contributed by atoms with Crippen LogP contribution < -0.4 is 5.32 Å². The Morgan fingerprint density at radius 2 is 1.57 bits per heavy atom. The average molecular weight is 409 g/mol. The van der Waals surface area contributed by atoms with Crippen molar-refractivity contribution in [1.82, 2.24) is 20.0 Å². The Balaban J connectivity index is 1.24. The van der Waals surface area contributed by atoms with Gasteiger partial charge in [0, 0.05) is 64.3 Å². The normalized spacial score (nSPS) is 24.8. The fraction of sp³-hybridized carbons (Fsp3) is 0.458. The number of halogens is 1. The molecule has 0 bridgehead atoms. The van der Waals surface area contributed by atoms with Gasteiger partial charge in [-0.2, -0.15) is 0 Å². The van der Waals surface area contributed by atoms with Gasteiger partial charge in [0.25, 0.3) is 0 Å². The summed E-state index contributed by atoms with van der Waals surface area (Å²) in [6.45, 7) is 7.35. The molecule has 6 heteroatoms. The van der Waals surface area contributed by atoms with E-state index < -0.39 is 0 Å². The van der Waals surface area contributed by atoms with E-state index in [-0.39, 0.29) is 17.8 Å². The summed E-state index contributed by atoms with van der Waals surface area (Å²) in [5.41, 5.74) is 3.44. The zero-order chi connectivity index (χ0) is 20.5. The summed E-state index contributed by atoms with van der Waals surface area (Å²) in [5, 5.41) is 2.87. The Morgan fingerprint density at radius 1 is 0.867 bits per heavy atom. The van der Waals surface area contributed by atoms with Gasteiger partial charge in [0.05, 0.1) is 0 Å². The fourth-order valence-corrected chi connectivity index (χ4v) is 5.29. The lowest BCUT2D eigenvalue weighted by atomic mass is 9.92. The Morgan fingerprint density at radius 3 is 2.27 bits per heavy atom. The van der Waals surface area contributed by atoms with E-state index in [1.165, 1.54) is 11.1 Å². The monoisotopic (exact) mass is 408 g/mol. The van der Waals surface area contributed by atoms with Crippen LogP contribution in [0.25, 0.3) is 0 Å². The number of carbonyl (C=O) groups is 1. The molecule has 0 spiro atoms. The highest BCUT2D eigenvalue weighted by Crippen LogP contribution is 2.47. The van der Waals surface area contributed by atoms with E-state index in [0.717, 1.165) is 64.3 Å². The van der Waals surface area contributed by atoms with E-state index in [1.54, 1.807) is 12.1 Å². The van der Waals surface area contributed by atoms with Crippen molar-refractivity contribution < 1.29 is 9.18 Å². The van der Waals surface area contributed by atoms with Gasteiger partial charge in [0.2, 0.25) is 0 Å². The average Bonchev–Trinajstić information content (AvgIpc) is 3.37. The first-order valence-corrected chi connectivity index (χ1v) is 11.0. The van der Waals surface area contributed by atoms with E-state index in [1.807, 2.05) is 17.0 Å². The van der Waals surface area contributed by atoms with Gasteiger partial charge in [0.15, 0.2) is 0 Å². The maximum absolute atomic E-state index is 14.5. The minimum Gasteiger partial charge on any atom is -0.336 e. The summed E-state index contributed by atoms with van der Waals surface area (Å²) in [7, 11) is 0. The highest BCUT2D eigenvalue weighted by molar-refractivity contribution is 5.76. The SMILES string of the molecule is O=C1NCCN1CCN1CCN([C@H]2C[C@H](c3ccccc3F)c3ccccc32)CC1. The molecule has 1 aliphatic carbocycles. The summed E-state index contributed by atoms with van der Waals surface area (Å²) >= 11 is 0. The molecule has 2 aromatic rings. The highest BCUT2D eigenvalue weighted by Gasteiger charge is 2.37. The second-order valence-corrected chi connectivity index (χ2v) is 8.55. The Bertz CT molecular complexity index is 912. The van der Waals surface area contributed by atoms with Crippen molar-refractivity contribution in [2.45, 2.75) is 18.4 Å².